The summed E-state index contributed by atoms with van der Waals surface area (Å²) in [5.41, 5.74) is 6.48. The summed E-state index contributed by atoms with van der Waals surface area (Å²) >= 11 is 0. The van der Waals surface area contributed by atoms with E-state index in [0.717, 1.165) is 5.56 Å². The lowest BCUT2D eigenvalue weighted by Crippen LogP contribution is -2.34. The van der Waals surface area contributed by atoms with Crippen LogP contribution in [0.15, 0.2) is 46.1 Å². The van der Waals surface area contributed by atoms with Crippen molar-refractivity contribution in [2.75, 3.05) is 6.61 Å². The Kier molecular flexibility index (Phi) is 4.82. The van der Waals surface area contributed by atoms with Gasteiger partial charge in [-0.25, -0.2) is 9.59 Å². The van der Waals surface area contributed by atoms with E-state index in [1.54, 1.807) is 12.1 Å². The summed E-state index contributed by atoms with van der Waals surface area (Å²) < 4.78 is 12.3. The molecular weight excluding hydrogens is 326 g/mol. The van der Waals surface area contributed by atoms with Crippen LogP contribution < -0.4 is 17.0 Å². The van der Waals surface area contributed by atoms with Crippen LogP contribution in [0.2, 0.25) is 0 Å². The molecule has 1 aliphatic heterocycles. The van der Waals surface area contributed by atoms with E-state index in [1.165, 1.54) is 16.8 Å². The molecule has 3 atom stereocenters. The zero-order valence-electron chi connectivity index (χ0n) is 13.7. The molecule has 0 radical (unpaired) electrons. The van der Waals surface area contributed by atoms with Crippen LogP contribution in [0.1, 0.15) is 28.6 Å². The molecule has 1 fully saturated rings. The molecule has 2 aromatic rings. The van der Waals surface area contributed by atoms with Crippen LogP contribution in [0.4, 0.5) is 0 Å². The highest BCUT2D eigenvalue weighted by atomic mass is 16.6. The van der Waals surface area contributed by atoms with Crippen molar-refractivity contribution in [3.63, 3.8) is 0 Å². The van der Waals surface area contributed by atoms with E-state index in [-0.39, 0.29) is 6.61 Å². The van der Waals surface area contributed by atoms with E-state index in [4.69, 9.17) is 15.2 Å². The number of aromatic nitrogens is 2. The average molecular weight is 345 g/mol. The zero-order valence-corrected chi connectivity index (χ0v) is 13.7. The number of nitrogens with one attached hydrogen (secondary N) is 1. The van der Waals surface area contributed by atoms with Crippen molar-refractivity contribution >= 4 is 5.97 Å². The Morgan fingerprint density at radius 2 is 2.04 bits per heavy atom. The predicted octanol–water partition coefficient (Wildman–Crippen LogP) is 0.317. The van der Waals surface area contributed by atoms with Gasteiger partial charge in [-0.15, -0.1) is 0 Å². The van der Waals surface area contributed by atoms with Crippen molar-refractivity contribution in [1.29, 1.82) is 0 Å². The van der Waals surface area contributed by atoms with Crippen molar-refractivity contribution in [3.8, 4) is 0 Å². The number of H-pyrrole nitrogens is 1. The second-order valence-electron chi connectivity index (χ2n) is 6.01. The Labute approximate surface area is 143 Å². The van der Waals surface area contributed by atoms with Crippen LogP contribution in [-0.2, 0) is 9.47 Å². The van der Waals surface area contributed by atoms with Crippen LogP contribution >= 0.6 is 0 Å². The largest absolute Gasteiger partial charge is 0.459 e. The maximum absolute atomic E-state index is 12.0. The minimum absolute atomic E-state index is 0.0114. The summed E-state index contributed by atoms with van der Waals surface area (Å²) in [6.45, 7) is 1.92. The number of rotatable bonds is 4. The number of benzene rings is 1. The first-order valence-corrected chi connectivity index (χ1v) is 7.90. The lowest BCUT2D eigenvalue weighted by Gasteiger charge is -2.16. The number of hydrogen-bond donors (Lipinski definition) is 2. The van der Waals surface area contributed by atoms with Gasteiger partial charge in [0.1, 0.15) is 18.9 Å². The number of carbonyl (C=O) groups is 1. The molecule has 0 bridgehead atoms. The van der Waals surface area contributed by atoms with Gasteiger partial charge in [-0.05, 0) is 19.1 Å². The summed E-state index contributed by atoms with van der Waals surface area (Å²) in [6, 6.07) is 7.88. The highest BCUT2D eigenvalue weighted by molar-refractivity contribution is 5.89. The summed E-state index contributed by atoms with van der Waals surface area (Å²) in [5, 5.41) is 0. The molecule has 8 heteroatoms. The van der Waals surface area contributed by atoms with Gasteiger partial charge in [-0.2, -0.15) is 0 Å². The van der Waals surface area contributed by atoms with Crippen LogP contribution in [-0.4, -0.2) is 34.3 Å². The molecule has 0 saturated carbocycles. The molecule has 1 aliphatic rings. The van der Waals surface area contributed by atoms with E-state index in [9.17, 15) is 14.4 Å². The standard InChI is InChI=1S/C17H19N3O5/c1-10-2-4-11(5-3-10)16(22)24-9-13-12(18)8-15(25-13)20-7-6-14(21)19-17(20)23/h2-7,12-13,15H,8-9,18H2,1H3,(H,19,21,23)/t12-,13-,15-/m1/s1. The fraction of sp³-hybridized carbons (Fsp3) is 0.353. The molecule has 1 aromatic carbocycles. The van der Waals surface area contributed by atoms with Gasteiger partial charge in [0, 0.05) is 24.7 Å². The fourth-order valence-corrected chi connectivity index (χ4v) is 2.67. The second kappa shape index (κ2) is 7.04. The molecule has 8 nitrogen and oxygen atoms in total. The third-order valence-electron chi connectivity index (χ3n) is 4.11. The average Bonchev–Trinajstić information content (AvgIpc) is 2.94. The predicted molar refractivity (Wildman–Crippen MR) is 89.3 cm³/mol. The number of nitrogens with zero attached hydrogens (tertiary/aromatic N) is 1. The molecule has 25 heavy (non-hydrogen) atoms. The first-order valence-electron chi connectivity index (χ1n) is 7.90. The Morgan fingerprint density at radius 3 is 2.72 bits per heavy atom. The summed E-state index contributed by atoms with van der Waals surface area (Å²) in [6.07, 6.45) is 0.596. The third kappa shape index (κ3) is 3.86. The smallest absolute Gasteiger partial charge is 0.338 e. The van der Waals surface area contributed by atoms with Crippen molar-refractivity contribution in [2.45, 2.75) is 31.7 Å². The molecule has 132 valence electrons. The number of carbonyl (C=O) groups excluding carboxylic acids is 1. The highest BCUT2D eigenvalue weighted by Gasteiger charge is 2.35. The Balaban J connectivity index is 1.62. The first-order chi connectivity index (χ1) is 11.9. The minimum Gasteiger partial charge on any atom is -0.459 e. The van der Waals surface area contributed by atoms with E-state index >= 15 is 0 Å². The van der Waals surface area contributed by atoms with Gasteiger partial charge in [0.15, 0.2) is 0 Å². The van der Waals surface area contributed by atoms with Gasteiger partial charge in [-0.3, -0.25) is 14.3 Å². The number of esters is 1. The van der Waals surface area contributed by atoms with Crippen LogP contribution in [0.5, 0.6) is 0 Å². The van der Waals surface area contributed by atoms with Gasteiger partial charge in [-0.1, -0.05) is 17.7 Å². The summed E-state index contributed by atoms with van der Waals surface area (Å²) in [4.78, 5) is 37.2. The molecule has 0 aliphatic carbocycles. The lowest BCUT2D eigenvalue weighted by atomic mass is 10.1. The molecule has 3 rings (SSSR count). The Hall–Kier alpha value is -2.71. The van der Waals surface area contributed by atoms with Gasteiger partial charge in [0.2, 0.25) is 0 Å². The molecule has 0 amide bonds. The third-order valence-corrected chi connectivity index (χ3v) is 4.11. The van der Waals surface area contributed by atoms with Gasteiger partial charge in [0.25, 0.3) is 5.56 Å². The first kappa shape index (κ1) is 17.1. The number of aromatic amines is 1. The van der Waals surface area contributed by atoms with Crippen LogP contribution in [0.3, 0.4) is 0 Å². The van der Waals surface area contributed by atoms with Crippen molar-refractivity contribution in [3.05, 3.63) is 68.5 Å². The minimum atomic E-state index is -0.609. The number of aryl methyl sites for hydroxylation is 1. The molecule has 0 unspecified atom stereocenters. The van der Waals surface area contributed by atoms with Crippen molar-refractivity contribution in [2.24, 2.45) is 5.73 Å². The molecule has 2 heterocycles. The Morgan fingerprint density at radius 1 is 1.32 bits per heavy atom. The number of nitrogens with two attached hydrogens (primary N) is 1. The van der Waals surface area contributed by atoms with Crippen LogP contribution in [0.25, 0.3) is 0 Å². The quantitative estimate of drug-likeness (QED) is 0.771. The van der Waals surface area contributed by atoms with Gasteiger partial charge < -0.3 is 15.2 Å². The molecular formula is C17H19N3O5. The van der Waals surface area contributed by atoms with Crippen molar-refractivity contribution < 1.29 is 14.3 Å². The molecule has 0 spiro atoms. The van der Waals surface area contributed by atoms with Crippen LogP contribution in [0, 0.1) is 6.92 Å². The Bertz CT molecular complexity index is 871. The SMILES string of the molecule is Cc1ccc(C(=O)OC[C@H]2O[C@@H](n3ccc(=O)[nH]c3=O)C[C@H]2N)cc1. The van der Waals surface area contributed by atoms with Gasteiger partial charge in [0.05, 0.1) is 5.56 Å². The zero-order chi connectivity index (χ0) is 18.0. The molecule has 1 aromatic heterocycles. The van der Waals surface area contributed by atoms with E-state index in [1.807, 2.05) is 19.1 Å². The topological polar surface area (TPSA) is 116 Å². The fourth-order valence-electron chi connectivity index (χ4n) is 2.67. The number of hydrogen-bond acceptors (Lipinski definition) is 6. The maximum atomic E-state index is 12.0. The second-order valence-corrected chi connectivity index (χ2v) is 6.01. The van der Waals surface area contributed by atoms with E-state index < -0.39 is 35.6 Å². The molecule has 3 N–H and O–H groups in total. The lowest BCUT2D eigenvalue weighted by molar-refractivity contribution is -0.0362. The summed E-state index contributed by atoms with van der Waals surface area (Å²) in [7, 11) is 0. The van der Waals surface area contributed by atoms with Crippen molar-refractivity contribution in [1.82, 2.24) is 9.55 Å². The van der Waals surface area contributed by atoms with Gasteiger partial charge >= 0.3 is 11.7 Å². The number of ether oxygens (including phenoxy) is 2. The summed E-state index contributed by atoms with van der Waals surface area (Å²) in [5.74, 6) is -0.458. The highest BCUT2D eigenvalue weighted by Crippen LogP contribution is 2.26. The molecule has 1 saturated heterocycles. The monoisotopic (exact) mass is 345 g/mol. The van der Waals surface area contributed by atoms with E-state index in [2.05, 4.69) is 4.98 Å². The maximum Gasteiger partial charge on any atom is 0.338 e. The van der Waals surface area contributed by atoms with E-state index in [0.29, 0.717) is 12.0 Å². The normalized spacial score (nSPS) is 22.7.